The number of nitrogens with zero attached hydrogens (tertiary/aromatic N) is 1. The lowest BCUT2D eigenvalue weighted by molar-refractivity contribution is -0.153. The van der Waals surface area contributed by atoms with E-state index in [0.29, 0.717) is 13.1 Å². The molecule has 0 aromatic heterocycles. The third-order valence-electron chi connectivity index (χ3n) is 2.06. The van der Waals surface area contributed by atoms with Gasteiger partial charge in [0, 0.05) is 13.1 Å². The zero-order chi connectivity index (χ0) is 10.1. The fraction of sp³-hybridized carbons (Fsp3) is 0.700. The van der Waals surface area contributed by atoms with Gasteiger partial charge in [-0.15, -0.1) is 0 Å². The first-order valence-corrected chi connectivity index (χ1v) is 4.54. The fourth-order valence-electron chi connectivity index (χ4n) is 1.75. The number of morpholine rings is 1. The SMILES string of the molecule is C=CC(=O)N1C[C@@H](C)OC(C)(C)C1. The van der Waals surface area contributed by atoms with Gasteiger partial charge in [-0.1, -0.05) is 6.58 Å². The molecule has 0 N–H and O–H groups in total. The van der Waals surface area contributed by atoms with Gasteiger partial charge in [-0.25, -0.2) is 0 Å². The van der Waals surface area contributed by atoms with Gasteiger partial charge in [-0.3, -0.25) is 4.79 Å². The molecular formula is C10H17NO2. The van der Waals surface area contributed by atoms with Crippen molar-refractivity contribution in [3.63, 3.8) is 0 Å². The molecule has 1 atom stereocenters. The molecule has 0 aliphatic carbocycles. The third-order valence-corrected chi connectivity index (χ3v) is 2.06. The van der Waals surface area contributed by atoms with Gasteiger partial charge in [-0.05, 0) is 26.8 Å². The van der Waals surface area contributed by atoms with Crippen molar-refractivity contribution in [1.82, 2.24) is 4.90 Å². The van der Waals surface area contributed by atoms with Crippen LogP contribution in [0, 0.1) is 0 Å². The molecule has 0 saturated carbocycles. The molecule has 1 amide bonds. The normalized spacial score (nSPS) is 27.0. The van der Waals surface area contributed by atoms with Gasteiger partial charge in [0.05, 0.1) is 11.7 Å². The van der Waals surface area contributed by atoms with Gasteiger partial charge < -0.3 is 9.64 Å². The molecule has 1 fully saturated rings. The highest BCUT2D eigenvalue weighted by Gasteiger charge is 2.32. The van der Waals surface area contributed by atoms with Crippen LogP contribution in [0.25, 0.3) is 0 Å². The Morgan fingerprint density at radius 2 is 2.31 bits per heavy atom. The minimum Gasteiger partial charge on any atom is -0.369 e. The van der Waals surface area contributed by atoms with Crippen LogP contribution < -0.4 is 0 Å². The molecule has 0 aromatic carbocycles. The molecule has 1 rings (SSSR count). The molecule has 0 aromatic rings. The molecule has 0 spiro atoms. The lowest BCUT2D eigenvalue weighted by Crippen LogP contribution is -2.53. The van der Waals surface area contributed by atoms with Crippen molar-refractivity contribution in [3.05, 3.63) is 12.7 Å². The highest BCUT2D eigenvalue weighted by Crippen LogP contribution is 2.20. The van der Waals surface area contributed by atoms with Crippen LogP contribution >= 0.6 is 0 Å². The van der Waals surface area contributed by atoms with Crippen LogP contribution in [0.5, 0.6) is 0 Å². The Morgan fingerprint density at radius 3 is 2.77 bits per heavy atom. The zero-order valence-electron chi connectivity index (χ0n) is 8.54. The van der Waals surface area contributed by atoms with Crippen molar-refractivity contribution >= 4 is 5.91 Å². The fourth-order valence-corrected chi connectivity index (χ4v) is 1.75. The van der Waals surface area contributed by atoms with Crippen LogP contribution in [-0.4, -0.2) is 35.6 Å². The van der Waals surface area contributed by atoms with E-state index in [1.54, 1.807) is 4.90 Å². The van der Waals surface area contributed by atoms with E-state index in [1.165, 1.54) is 6.08 Å². The van der Waals surface area contributed by atoms with Crippen LogP contribution in [-0.2, 0) is 9.53 Å². The molecule has 0 bridgehead atoms. The van der Waals surface area contributed by atoms with Crippen molar-refractivity contribution in [3.8, 4) is 0 Å². The smallest absolute Gasteiger partial charge is 0.246 e. The molecule has 3 heteroatoms. The van der Waals surface area contributed by atoms with E-state index >= 15 is 0 Å². The van der Waals surface area contributed by atoms with Gasteiger partial charge in [0.25, 0.3) is 0 Å². The maximum absolute atomic E-state index is 11.4. The Bertz CT molecular complexity index is 223. The average Bonchev–Trinajstić information content (AvgIpc) is 1.99. The molecule has 1 aliphatic heterocycles. The van der Waals surface area contributed by atoms with Gasteiger partial charge >= 0.3 is 0 Å². The second-order valence-electron chi connectivity index (χ2n) is 4.11. The molecule has 3 nitrogen and oxygen atoms in total. The van der Waals surface area contributed by atoms with E-state index in [4.69, 9.17) is 4.74 Å². The molecule has 1 saturated heterocycles. The van der Waals surface area contributed by atoms with Gasteiger partial charge in [0.1, 0.15) is 0 Å². The summed E-state index contributed by atoms with van der Waals surface area (Å²) in [5.74, 6) is -0.0109. The standard InChI is InChI=1S/C10H17NO2/c1-5-9(12)11-6-8(2)13-10(3,4)7-11/h5,8H,1,6-7H2,2-4H3/t8-/m1/s1. The second-order valence-corrected chi connectivity index (χ2v) is 4.11. The van der Waals surface area contributed by atoms with E-state index in [0.717, 1.165) is 0 Å². The minimum atomic E-state index is -0.240. The Hall–Kier alpha value is -0.830. The van der Waals surface area contributed by atoms with Crippen LogP contribution in [0.4, 0.5) is 0 Å². The first-order chi connectivity index (χ1) is 5.94. The minimum absolute atomic E-state index is 0.0109. The summed E-state index contributed by atoms with van der Waals surface area (Å²) in [6, 6.07) is 0. The van der Waals surface area contributed by atoms with Crippen molar-refractivity contribution in [2.45, 2.75) is 32.5 Å². The quantitative estimate of drug-likeness (QED) is 0.572. The van der Waals surface area contributed by atoms with Gasteiger partial charge in [0.15, 0.2) is 0 Å². The number of carbonyl (C=O) groups is 1. The molecule has 74 valence electrons. The summed E-state index contributed by atoms with van der Waals surface area (Å²) >= 11 is 0. The number of rotatable bonds is 1. The predicted octanol–water partition coefficient (Wildman–Crippen LogP) is 1.20. The number of carbonyl (C=O) groups excluding carboxylic acids is 1. The summed E-state index contributed by atoms with van der Waals surface area (Å²) in [6.07, 6.45) is 1.46. The second kappa shape index (κ2) is 3.50. The van der Waals surface area contributed by atoms with Gasteiger partial charge in [-0.2, -0.15) is 0 Å². The third kappa shape index (κ3) is 2.56. The highest BCUT2D eigenvalue weighted by atomic mass is 16.5. The van der Waals surface area contributed by atoms with E-state index in [1.807, 2.05) is 20.8 Å². The monoisotopic (exact) mass is 183 g/mol. The Kier molecular flexibility index (Phi) is 2.76. The summed E-state index contributed by atoms with van der Waals surface area (Å²) in [6.45, 7) is 10.7. The van der Waals surface area contributed by atoms with Crippen molar-refractivity contribution < 1.29 is 9.53 Å². The van der Waals surface area contributed by atoms with E-state index in [-0.39, 0.29) is 17.6 Å². The number of amides is 1. The van der Waals surface area contributed by atoms with Crippen LogP contribution in [0.2, 0.25) is 0 Å². The number of ether oxygens (including phenoxy) is 1. The Labute approximate surface area is 79.4 Å². The number of hydrogen-bond donors (Lipinski definition) is 0. The Morgan fingerprint density at radius 1 is 1.69 bits per heavy atom. The van der Waals surface area contributed by atoms with Crippen molar-refractivity contribution in [1.29, 1.82) is 0 Å². The lowest BCUT2D eigenvalue weighted by atomic mass is 10.1. The summed E-state index contributed by atoms with van der Waals surface area (Å²) in [5, 5.41) is 0. The van der Waals surface area contributed by atoms with Crippen molar-refractivity contribution in [2.75, 3.05) is 13.1 Å². The molecule has 0 unspecified atom stereocenters. The summed E-state index contributed by atoms with van der Waals surface area (Å²) < 4.78 is 5.67. The van der Waals surface area contributed by atoms with E-state index in [9.17, 15) is 4.79 Å². The molecule has 13 heavy (non-hydrogen) atoms. The van der Waals surface area contributed by atoms with Crippen LogP contribution in [0.15, 0.2) is 12.7 Å². The first-order valence-electron chi connectivity index (χ1n) is 4.54. The highest BCUT2D eigenvalue weighted by molar-refractivity contribution is 5.87. The molecule has 0 radical (unpaired) electrons. The summed E-state index contributed by atoms with van der Waals surface area (Å²) in [5.41, 5.74) is -0.240. The molecule has 1 aliphatic rings. The van der Waals surface area contributed by atoms with E-state index in [2.05, 4.69) is 6.58 Å². The van der Waals surface area contributed by atoms with Crippen LogP contribution in [0.3, 0.4) is 0 Å². The Balaban J connectivity index is 2.68. The first kappa shape index (κ1) is 10.3. The predicted molar refractivity (Wildman–Crippen MR) is 51.4 cm³/mol. The van der Waals surface area contributed by atoms with E-state index < -0.39 is 0 Å². The zero-order valence-corrected chi connectivity index (χ0v) is 8.54. The molecule has 1 heterocycles. The largest absolute Gasteiger partial charge is 0.369 e. The molecular weight excluding hydrogens is 166 g/mol. The summed E-state index contributed by atoms with van der Waals surface area (Å²) in [4.78, 5) is 13.1. The number of hydrogen-bond acceptors (Lipinski definition) is 2. The maximum Gasteiger partial charge on any atom is 0.246 e. The summed E-state index contributed by atoms with van der Waals surface area (Å²) in [7, 11) is 0. The lowest BCUT2D eigenvalue weighted by Gasteiger charge is -2.41. The topological polar surface area (TPSA) is 29.5 Å². The average molecular weight is 183 g/mol. The van der Waals surface area contributed by atoms with Crippen LogP contribution in [0.1, 0.15) is 20.8 Å². The maximum atomic E-state index is 11.4. The van der Waals surface area contributed by atoms with Gasteiger partial charge in [0.2, 0.25) is 5.91 Å². The van der Waals surface area contributed by atoms with Crippen molar-refractivity contribution in [2.24, 2.45) is 0 Å².